The molecule has 4 heteroatoms. The Morgan fingerprint density at radius 3 is 2.27 bits per heavy atom. The molecule has 1 atom stereocenters. The molecule has 0 saturated carbocycles. The summed E-state index contributed by atoms with van der Waals surface area (Å²) in [5, 5.41) is 19.5. The molecule has 1 unspecified atom stereocenters. The second kappa shape index (κ2) is 9.59. The van der Waals surface area contributed by atoms with Crippen LogP contribution in [0.25, 0.3) is 0 Å². The Hall–Kier alpha value is -1.39. The molecule has 0 bridgehead atoms. The topological polar surface area (TPSA) is 66.8 Å². The normalized spacial score (nSPS) is 12.9. The van der Waals surface area contributed by atoms with Gasteiger partial charge < -0.3 is 14.9 Å². The molecule has 0 amide bonds. The quantitative estimate of drug-likeness (QED) is 0.515. The molecule has 124 valence electrons. The second-order valence-corrected chi connectivity index (χ2v) is 5.70. The Morgan fingerprint density at radius 1 is 1.14 bits per heavy atom. The van der Waals surface area contributed by atoms with Gasteiger partial charge in [-0.1, -0.05) is 57.0 Å². The Bertz CT molecular complexity index is 426. The lowest BCUT2D eigenvalue weighted by atomic mass is 9.82. The van der Waals surface area contributed by atoms with Crippen LogP contribution in [0.1, 0.15) is 51.5 Å². The van der Waals surface area contributed by atoms with E-state index in [-0.39, 0.29) is 6.10 Å². The zero-order valence-electron chi connectivity index (χ0n) is 13.6. The number of rotatable bonds is 10. The lowest BCUT2D eigenvalue weighted by Crippen LogP contribution is -2.45. The van der Waals surface area contributed by atoms with Gasteiger partial charge in [0.2, 0.25) is 0 Å². The Labute approximate surface area is 133 Å². The van der Waals surface area contributed by atoms with Gasteiger partial charge >= 0.3 is 5.97 Å². The standard InChI is InChI=1S/C18H28O4/c1-3-5-7-12-16(4-2)22-17(21)18(13-19,14-20)15-10-8-6-9-11-15/h6,8-11,16,19-20H,3-5,7,12-14H2,1-2H3. The van der Waals surface area contributed by atoms with Crippen molar-refractivity contribution in [2.45, 2.75) is 57.5 Å². The summed E-state index contributed by atoms with van der Waals surface area (Å²) >= 11 is 0. The summed E-state index contributed by atoms with van der Waals surface area (Å²) in [6.45, 7) is 3.16. The molecular weight excluding hydrogens is 280 g/mol. The largest absolute Gasteiger partial charge is 0.462 e. The van der Waals surface area contributed by atoms with Crippen molar-refractivity contribution < 1.29 is 19.7 Å². The van der Waals surface area contributed by atoms with Crippen molar-refractivity contribution in [3.05, 3.63) is 35.9 Å². The molecule has 0 aliphatic heterocycles. The zero-order chi connectivity index (χ0) is 16.4. The van der Waals surface area contributed by atoms with E-state index in [1.54, 1.807) is 24.3 Å². The maximum atomic E-state index is 12.6. The summed E-state index contributed by atoms with van der Waals surface area (Å²) in [6.07, 6.45) is 4.62. The molecule has 0 aromatic heterocycles. The van der Waals surface area contributed by atoms with Crippen molar-refractivity contribution in [2.24, 2.45) is 0 Å². The molecule has 1 aromatic carbocycles. The highest BCUT2D eigenvalue weighted by Gasteiger charge is 2.41. The average molecular weight is 308 g/mol. The molecule has 0 heterocycles. The van der Waals surface area contributed by atoms with Gasteiger partial charge in [-0.15, -0.1) is 0 Å². The van der Waals surface area contributed by atoms with Crippen LogP contribution in [0.5, 0.6) is 0 Å². The highest BCUT2D eigenvalue weighted by atomic mass is 16.5. The van der Waals surface area contributed by atoms with E-state index in [0.29, 0.717) is 5.56 Å². The fraction of sp³-hybridized carbons (Fsp3) is 0.611. The van der Waals surface area contributed by atoms with Crippen LogP contribution in [0.3, 0.4) is 0 Å². The smallest absolute Gasteiger partial charge is 0.321 e. The Morgan fingerprint density at radius 2 is 1.77 bits per heavy atom. The van der Waals surface area contributed by atoms with Crippen molar-refractivity contribution in [3.63, 3.8) is 0 Å². The van der Waals surface area contributed by atoms with Gasteiger partial charge in [-0.25, -0.2) is 0 Å². The average Bonchev–Trinajstić information content (AvgIpc) is 2.56. The number of aliphatic hydroxyl groups is 2. The van der Waals surface area contributed by atoms with Gasteiger partial charge in [0.1, 0.15) is 11.5 Å². The summed E-state index contributed by atoms with van der Waals surface area (Å²) in [6, 6.07) is 8.84. The van der Waals surface area contributed by atoms with Crippen LogP contribution in [0.15, 0.2) is 30.3 Å². The summed E-state index contributed by atoms with van der Waals surface area (Å²) in [5.41, 5.74) is -0.812. The number of carbonyl (C=O) groups excluding carboxylic acids is 1. The van der Waals surface area contributed by atoms with Crippen molar-refractivity contribution in [2.75, 3.05) is 13.2 Å². The molecule has 0 radical (unpaired) electrons. The lowest BCUT2D eigenvalue weighted by Gasteiger charge is -2.30. The second-order valence-electron chi connectivity index (χ2n) is 5.70. The van der Waals surface area contributed by atoms with Gasteiger partial charge in [0, 0.05) is 0 Å². The first-order chi connectivity index (χ1) is 10.6. The third-order valence-corrected chi connectivity index (χ3v) is 4.12. The molecule has 1 aromatic rings. The van der Waals surface area contributed by atoms with Crippen LogP contribution < -0.4 is 0 Å². The number of benzene rings is 1. The number of esters is 1. The van der Waals surface area contributed by atoms with E-state index < -0.39 is 24.6 Å². The van der Waals surface area contributed by atoms with Gasteiger partial charge in [-0.3, -0.25) is 4.79 Å². The van der Waals surface area contributed by atoms with Crippen LogP contribution >= 0.6 is 0 Å². The number of hydrogen-bond donors (Lipinski definition) is 2. The lowest BCUT2D eigenvalue weighted by molar-refractivity contribution is -0.160. The van der Waals surface area contributed by atoms with E-state index in [1.807, 2.05) is 13.0 Å². The predicted molar refractivity (Wildman–Crippen MR) is 86.6 cm³/mol. The first-order valence-electron chi connectivity index (χ1n) is 8.12. The monoisotopic (exact) mass is 308 g/mol. The first-order valence-corrected chi connectivity index (χ1v) is 8.12. The van der Waals surface area contributed by atoms with Crippen molar-refractivity contribution in [1.29, 1.82) is 0 Å². The number of carbonyl (C=O) groups is 1. The summed E-state index contributed by atoms with van der Waals surface area (Å²) in [7, 11) is 0. The molecule has 0 spiro atoms. The Balaban J connectivity index is 2.85. The molecule has 0 aliphatic rings. The zero-order valence-corrected chi connectivity index (χ0v) is 13.6. The number of aliphatic hydroxyl groups excluding tert-OH is 2. The molecule has 0 saturated heterocycles. The van der Waals surface area contributed by atoms with E-state index in [4.69, 9.17) is 4.74 Å². The fourth-order valence-electron chi connectivity index (χ4n) is 2.47. The van der Waals surface area contributed by atoms with Crippen LogP contribution in [-0.4, -0.2) is 35.5 Å². The molecule has 4 nitrogen and oxygen atoms in total. The highest BCUT2D eigenvalue weighted by molar-refractivity contribution is 5.83. The molecular formula is C18H28O4. The van der Waals surface area contributed by atoms with Crippen LogP contribution in [0, 0.1) is 0 Å². The molecule has 1 rings (SSSR count). The molecule has 0 fully saturated rings. The molecule has 0 aliphatic carbocycles. The van der Waals surface area contributed by atoms with Crippen LogP contribution in [0.2, 0.25) is 0 Å². The van der Waals surface area contributed by atoms with Gasteiger partial charge in [0.05, 0.1) is 13.2 Å². The minimum absolute atomic E-state index is 0.166. The third-order valence-electron chi connectivity index (χ3n) is 4.12. The SMILES string of the molecule is CCCCCC(CC)OC(=O)C(CO)(CO)c1ccccc1. The van der Waals surface area contributed by atoms with E-state index in [9.17, 15) is 15.0 Å². The van der Waals surface area contributed by atoms with Gasteiger partial charge in [-0.2, -0.15) is 0 Å². The minimum atomic E-state index is -1.39. The maximum absolute atomic E-state index is 12.6. The summed E-state index contributed by atoms with van der Waals surface area (Å²) < 4.78 is 5.59. The number of hydrogen-bond acceptors (Lipinski definition) is 4. The summed E-state index contributed by atoms with van der Waals surface area (Å²) in [5.74, 6) is -0.549. The molecule has 22 heavy (non-hydrogen) atoms. The Kier molecular flexibility index (Phi) is 8.13. The first kappa shape index (κ1) is 18.7. The van der Waals surface area contributed by atoms with E-state index in [2.05, 4.69) is 6.92 Å². The number of ether oxygens (including phenoxy) is 1. The fourth-order valence-corrected chi connectivity index (χ4v) is 2.47. The van der Waals surface area contributed by atoms with Gasteiger partial charge in [0.15, 0.2) is 0 Å². The van der Waals surface area contributed by atoms with Crippen molar-refractivity contribution in [1.82, 2.24) is 0 Å². The molecule has 2 N–H and O–H groups in total. The number of unbranched alkanes of at least 4 members (excludes halogenated alkanes) is 2. The van der Waals surface area contributed by atoms with Crippen LogP contribution in [0.4, 0.5) is 0 Å². The van der Waals surface area contributed by atoms with Crippen molar-refractivity contribution in [3.8, 4) is 0 Å². The summed E-state index contributed by atoms with van der Waals surface area (Å²) in [4.78, 5) is 12.6. The highest BCUT2D eigenvalue weighted by Crippen LogP contribution is 2.26. The maximum Gasteiger partial charge on any atom is 0.321 e. The van der Waals surface area contributed by atoms with Crippen molar-refractivity contribution >= 4 is 5.97 Å². The van der Waals surface area contributed by atoms with E-state index in [0.717, 1.165) is 32.1 Å². The van der Waals surface area contributed by atoms with Gasteiger partial charge in [-0.05, 0) is 24.8 Å². The third kappa shape index (κ3) is 4.55. The van der Waals surface area contributed by atoms with E-state index >= 15 is 0 Å². The van der Waals surface area contributed by atoms with Crippen LogP contribution in [-0.2, 0) is 14.9 Å². The van der Waals surface area contributed by atoms with E-state index in [1.165, 1.54) is 0 Å². The minimum Gasteiger partial charge on any atom is -0.462 e. The van der Waals surface area contributed by atoms with Gasteiger partial charge in [0.25, 0.3) is 0 Å². The predicted octanol–water partition coefficient (Wildman–Crippen LogP) is 2.81.